The molecule has 1 unspecified atom stereocenters. The van der Waals surface area contributed by atoms with Gasteiger partial charge < -0.3 is 5.73 Å². The van der Waals surface area contributed by atoms with Gasteiger partial charge in [0, 0.05) is 12.6 Å². The van der Waals surface area contributed by atoms with E-state index in [0.29, 0.717) is 0 Å². The van der Waals surface area contributed by atoms with Crippen LogP contribution in [0.3, 0.4) is 0 Å². The smallest absolute Gasteiger partial charge is 0.125 e. The zero-order chi connectivity index (χ0) is 11.5. The van der Waals surface area contributed by atoms with Gasteiger partial charge in [0.2, 0.25) is 0 Å². The molecule has 0 saturated carbocycles. The zero-order valence-electron chi connectivity index (χ0n) is 10.4. The number of nitrogens with zero attached hydrogens (tertiary/aromatic N) is 2. The van der Waals surface area contributed by atoms with Gasteiger partial charge >= 0.3 is 0 Å². The van der Waals surface area contributed by atoms with E-state index in [1.54, 1.807) is 4.68 Å². The Hall–Kier alpha value is -0.990. The highest BCUT2D eigenvalue weighted by atomic mass is 15.3. The van der Waals surface area contributed by atoms with E-state index in [1.807, 2.05) is 13.2 Å². The first-order chi connectivity index (χ1) is 7.05. The second-order valence-corrected chi connectivity index (χ2v) is 4.58. The van der Waals surface area contributed by atoms with Crippen molar-refractivity contribution in [1.82, 2.24) is 9.78 Å². The van der Waals surface area contributed by atoms with Crippen LogP contribution in [-0.4, -0.2) is 9.78 Å². The van der Waals surface area contributed by atoms with E-state index in [0.717, 1.165) is 12.2 Å². The molecule has 3 nitrogen and oxygen atoms in total. The van der Waals surface area contributed by atoms with Crippen molar-refractivity contribution in [2.24, 2.45) is 7.05 Å². The molecule has 0 aliphatic heterocycles. The third kappa shape index (κ3) is 2.33. The van der Waals surface area contributed by atoms with Gasteiger partial charge in [-0.1, -0.05) is 33.6 Å². The molecule has 15 heavy (non-hydrogen) atoms. The van der Waals surface area contributed by atoms with Gasteiger partial charge in [0.25, 0.3) is 0 Å². The molecule has 86 valence electrons. The highest BCUT2D eigenvalue weighted by molar-refractivity contribution is 5.43. The third-order valence-corrected chi connectivity index (χ3v) is 3.50. The average Bonchev–Trinajstić information content (AvgIpc) is 2.57. The number of aryl methyl sites for hydroxylation is 1. The molecule has 1 atom stereocenters. The Kier molecular flexibility index (Phi) is 3.77. The fourth-order valence-electron chi connectivity index (χ4n) is 1.98. The first kappa shape index (κ1) is 12.1. The largest absolute Gasteiger partial charge is 0.384 e. The lowest BCUT2D eigenvalue weighted by Gasteiger charge is -2.27. The van der Waals surface area contributed by atoms with E-state index < -0.39 is 0 Å². The fraction of sp³-hybridized carbons (Fsp3) is 0.750. The zero-order valence-corrected chi connectivity index (χ0v) is 10.4. The van der Waals surface area contributed by atoms with Gasteiger partial charge in [0.1, 0.15) is 5.82 Å². The van der Waals surface area contributed by atoms with E-state index in [-0.39, 0.29) is 5.41 Å². The van der Waals surface area contributed by atoms with Crippen LogP contribution in [0.4, 0.5) is 5.82 Å². The molecule has 0 amide bonds. The van der Waals surface area contributed by atoms with Crippen LogP contribution in [0.2, 0.25) is 0 Å². The molecule has 0 fully saturated rings. The Morgan fingerprint density at radius 1 is 1.47 bits per heavy atom. The van der Waals surface area contributed by atoms with Crippen LogP contribution in [-0.2, 0) is 12.5 Å². The molecule has 0 saturated heterocycles. The first-order valence-corrected chi connectivity index (χ1v) is 5.83. The highest BCUT2D eigenvalue weighted by Gasteiger charge is 2.28. The molecular weight excluding hydrogens is 186 g/mol. The SMILES string of the molecule is CCCCC(C)(CC)c1cnn(C)c1N. The van der Waals surface area contributed by atoms with E-state index in [4.69, 9.17) is 5.73 Å². The maximum absolute atomic E-state index is 6.04. The number of nitrogens with two attached hydrogens (primary N) is 1. The first-order valence-electron chi connectivity index (χ1n) is 5.83. The van der Waals surface area contributed by atoms with Crippen molar-refractivity contribution in [3.8, 4) is 0 Å². The van der Waals surface area contributed by atoms with Gasteiger partial charge in [-0.25, -0.2) is 0 Å². The van der Waals surface area contributed by atoms with Crippen molar-refractivity contribution in [2.45, 2.75) is 51.9 Å². The summed E-state index contributed by atoms with van der Waals surface area (Å²) >= 11 is 0. The lowest BCUT2D eigenvalue weighted by Crippen LogP contribution is -2.22. The molecular formula is C12H23N3. The summed E-state index contributed by atoms with van der Waals surface area (Å²) in [4.78, 5) is 0. The van der Waals surface area contributed by atoms with E-state index in [1.165, 1.54) is 24.8 Å². The number of hydrogen-bond acceptors (Lipinski definition) is 2. The maximum atomic E-state index is 6.04. The van der Waals surface area contributed by atoms with Gasteiger partial charge in [-0.15, -0.1) is 0 Å². The third-order valence-electron chi connectivity index (χ3n) is 3.50. The molecule has 3 heteroatoms. The summed E-state index contributed by atoms with van der Waals surface area (Å²) in [5, 5.41) is 4.23. The fourth-order valence-corrected chi connectivity index (χ4v) is 1.98. The Bertz CT molecular complexity index is 317. The minimum atomic E-state index is 0.189. The molecule has 1 aromatic heterocycles. The van der Waals surface area contributed by atoms with Crippen molar-refractivity contribution in [3.63, 3.8) is 0 Å². The van der Waals surface area contributed by atoms with Crippen molar-refractivity contribution in [2.75, 3.05) is 5.73 Å². The van der Waals surface area contributed by atoms with Crippen LogP contribution in [0, 0.1) is 0 Å². The van der Waals surface area contributed by atoms with Gasteiger partial charge in [0.05, 0.1) is 6.20 Å². The van der Waals surface area contributed by atoms with Crippen LogP contribution >= 0.6 is 0 Å². The number of nitrogen functional groups attached to an aromatic ring is 1. The van der Waals surface area contributed by atoms with Crippen LogP contribution < -0.4 is 5.73 Å². The standard InChI is InChI=1S/C12H23N3/c1-5-7-8-12(3,6-2)10-9-14-15(4)11(10)13/h9H,5-8,13H2,1-4H3. The summed E-state index contributed by atoms with van der Waals surface area (Å²) in [6.45, 7) is 6.74. The molecule has 0 bridgehead atoms. The number of anilines is 1. The normalized spacial score (nSPS) is 15.2. The monoisotopic (exact) mass is 209 g/mol. The number of unbranched alkanes of at least 4 members (excludes halogenated alkanes) is 1. The van der Waals surface area contributed by atoms with Gasteiger partial charge in [-0.2, -0.15) is 5.10 Å². The summed E-state index contributed by atoms with van der Waals surface area (Å²) < 4.78 is 1.76. The van der Waals surface area contributed by atoms with Crippen LogP contribution in [0.15, 0.2) is 6.20 Å². The molecule has 0 aliphatic rings. The lowest BCUT2D eigenvalue weighted by atomic mass is 9.77. The highest BCUT2D eigenvalue weighted by Crippen LogP contribution is 2.35. The van der Waals surface area contributed by atoms with Crippen molar-refractivity contribution in [1.29, 1.82) is 0 Å². The minimum absolute atomic E-state index is 0.189. The minimum Gasteiger partial charge on any atom is -0.384 e. The predicted octanol–water partition coefficient (Wildman–Crippen LogP) is 2.86. The second-order valence-electron chi connectivity index (χ2n) is 4.58. The Morgan fingerprint density at radius 3 is 2.53 bits per heavy atom. The van der Waals surface area contributed by atoms with Gasteiger partial charge in [0.15, 0.2) is 0 Å². The lowest BCUT2D eigenvalue weighted by molar-refractivity contribution is 0.404. The Balaban J connectivity index is 2.95. The molecule has 1 aromatic rings. The summed E-state index contributed by atoms with van der Waals surface area (Å²) in [7, 11) is 1.90. The predicted molar refractivity (Wildman–Crippen MR) is 64.8 cm³/mol. The molecule has 1 heterocycles. The quantitative estimate of drug-likeness (QED) is 0.810. The summed E-state index contributed by atoms with van der Waals surface area (Å²) in [5.74, 6) is 0.815. The van der Waals surface area contributed by atoms with Crippen LogP contribution in [0.5, 0.6) is 0 Å². The molecule has 0 aliphatic carbocycles. The maximum Gasteiger partial charge on any atom is 0.125 e. The topological polar surface area (TPSA) is 43.8 Å². The Morgan fingerprint density at radius 2 is 2.13 bits per heavy atom. The summed E-state index contributed by atoms with van der Waals surface area (Å²) in [6, 6.07) is 0. The van der Waals surface area contributed by atoms with E-state index in [9.17, 15) is 0 Å². The summed E-state index contributed by atoms with van der Waals surface area (Å²) in [6.07, 6.45) is 6.71. The number of aromatic nitrogens is 2. The van der Waals surface area contributed by atoms with Crippen molar-refractivity contribution < 1.29 is 0 Å². The summed E-state index contributed by atoms with van der Waals surface area (Å²) in [5.41, 5.74) is 7.43. The van der Waals surface area contributed by atoms with Crippen molar-refractivity contribution in [3.05, 3.63) is 11.8 Å². The van der Waals surface area contributed by atoms with Crippen LogP contribution in [0.25, 0.3) is 0 Å². The molecule has 2 N–H and O–H groups in total. The van der Waals surface area contributed by atoms with E-state index in [2.05, 4.69) is 25.9 Å². The second kappa shape index (κ2) is 4.69. The average molecular weight is 209 g/mol. The van der Waals surface area contributed by atoms with Gasteiger partial charge in [-0.3, -0.25) is 4.68 Å². The number of hydrogen-bond donors (Lipinski definition) is 1. The molecule has 0 radical (unpaired) electrons. The van der Waals surface area contributed by atoms with Crippen LogP contribution in [0.1, 0.15) is 52.0 Å². The Labute approximate surface area is 92.7 Å². The molecule has 0 aromatic carbocycles. The van der Waals surface area contributed by atoms with E-state index >= 15 is 0 Å². The number of rotatable bonds is 5. The molecule has 1 rings (SSSR count). The molecule has 0 spiro atoms. The van der Waals surface area contributed by atoms with Crippen molar-refractivity contribution >= 4 is 5.82 Å². The van der Waals surface area contributed by atoms with Gasteiger partial charge in [-0.05, 0) is 18.3 Å².